The maximum absolute atomic E-state index is 6.42. The highest BCUT2D eigenvalue weighted by molar-refractivity contribution is 5.41. The summed E-state index contributed by atoms with van der Waals surface area (Å²) in [7, 11) is 2.01. The fraction of sp³-hybridized carbons (Fsp3) is 0.280. The van der Waals surface area contributed by atoms with E-state index < -0.39 is 0 Å². The molecule has 0 amide bonds. The topological polar surface area (TPSA) is 21.3 Å². The van der Waals surface area contributed by atoms with Crippen molar-refractivity contribution < 1.29 is 4.74 Å². The minimum Gasteiger partial charge on any atom is -0.484 e. The highest BCUT2D eigenvalue weighted by atomic mass is 16.5. The van der Waals surface area contributed by atoms with Crippen LogP contribution in [0.4, 0.5) is 0 Å². The molecule has 0 fully saturated rings. The van der Waals surface area contributed by atoms with Gasteiger partial charge in [0.25, 0.3) is 0 Å². The standard InChI is InChI=1S/C25H27NO/c1-25(2,19-10-5-4-6-11-19)20-13-15-21(16-14-20)27-24-22-12-8-7-9-18(22)17-23(24)26-3/h4-16,23-24,26H,17H2,1-3H3/t23-,24+/m1/s1. The second kappa shape index (κ2) is 7.21. The van der Waals surface area contributed by atoms with Crippen molar-refractivity contribution >= 4 is 0 Å². The van der Waals surface area contributed by atoms with E-state index in [1.165, 1.54) is 22.3 Å². The summed E-state index contributed by atoms with van der Waals surface area (Å²) >= 11 is 0. The number of hydrogen-bond acceptors (Lipinski definition) is 2. The van der Waals surface area contributed by atoms with Crippen LogP contribution < -0.4 is 10.1 Å². The molecular weight excluding hydrogens is 330 g/mol. The summed E-state index contributed by atoms with van der Waals surface area (Å²) in [4.78, 5) is 0. The number of rotatable bonds is 5. The van der Waals surface area contributed by atoms with Crippen molar-refractivity contribution in [3.05, 3.63) is 101 Å². The van der Waals surface area contributed by atoms with Crippen LogP contribution in [0, 0.1) is 0 Å². The highest BCUT2D eigenvalue weighted by Crippen LogP contribution is 2.36. The molecule has 4 rings (SSSR count). The molecule has 0 bridgehead atoms. The Morgan fingerprint density at radius 3 is 2.15 bits per heavy atom. The van der Waals surface area contributed by atoms with E-state index in [0.29, 0.717) is 6.04 Å². The molecule has 0 unspecified atom stereocenters. The monoisotopic (exact) mass is 357 g/mol. The molecular formula is C25H27NO. The molecule has 1 N–H and O–H groups in total. The molecule has 2 nitrogen and oxygen atoms in total. The van der Waals surface area contributed by atoms with Gasteiger partial charge in [0.2, 0.25) is 0 Å². The van der Waals surface area contributed by atoms with Gasteiger partial charge in [-0.3, -0.25) is 0 Å². The van der Waals surface area contributed by atoms with Crippen LogP contribution in [0.15, 0.2) is 78.9 Å². The summed E-state index contributed by atoms with van der Waals surface area (Å²) in [6, 6.07) is 28.1. The van der Waals surface area contributed by atoms with Gasteiger partial charge in [-0.25, -0.2) is 0 Å². The van der Waals surface area contributed by atoms with Gasteiger partial charge in [0.05, 0.1) is 6.04 Å². The third-order valence-electron chi connectivity index (χ3n) is 5.87. The fourth-order valence-electron chi connectivity index (χ4n) is 4.08. The summed E-state index contributed by atoms with van der Waals surface area (Å²) in [5, 5.41) is 3.41. The van der Waals surface area contributed by atoms with Crippen LogP contribution in [0.1, 0.15) is 42.2 Å². The normalized spacial score (nSPS) is 18.9. The van der Waals surface area contributed by atoms with Gasteiger partial charge in [-0.1, -0.05) is 80.6 Å². The molecule has 1 aliphatic carbocycles. The van der Waals surface area contributed by atoms with E-state index in [1.54, 1.807) is 0 Å². The van der Waals surface area contributed by atoms with Crippen molar-refractivity contribution in [2.75, 3.05) is 7.05 Å². The van der Waals surface area contributed by atoms with Crippen molar-refractivity contribution in [2.45, 2.75) is 37.8 Å². The number of ether oxygens (including phenoxy) is 1. The fourth-order valence-corrected chi connectivity index (χ4v) is 4.08. The second-order valence-corrected chi connectivity index (χ2v) is 7.85. The van der Waals surface area contributed by atoms with E-state index in [-0.39, 0.29) is 11.5 Å². The molecule has 0 aromatic heterocycles. The van der Waals surface area contributed by atoms with Gasteiger partial charge >= 0.3 is 0 Å². The molecule has 0 radical (unpaired) electrons. The third-order valence-corrected chi connectivity index (χ3v) is 5.87. The lowest BCUT2D eigenvalue weighted by atomic mass is 9.78. The van der Waals surface area contributed by atoms with Crippen LogP contribution >= 0.6 is 0 Å². The highest BCUT2D eigenvalue weighted by Gasteiger charge is 2.33. The Kier molecular flexibility index (Phi) is 4.75. The summed E-state index contributed by atoms with van der Waals surface area (Å²) < 4.78 is 6.42. The number of fused-ring (bicyclic) bond motifs is 1. The van der Waals surface area contributed by atoms with Crippen LogP contribution in [0.3, 0.4) is 0 Å². The largest absolute Gasteiger partial charge is 0.484 e. The van der Waals surface area contributed by atoms with Gasteiger partial charge in [-0.15, -0.1) is 0 Å². The van der Waals surface area contributed by atoms with Crippen LogP contribution in [-0.4, -0.2) is 13.1 Å². The van der Waals surface area contributed by atoms with E-state index in [0.717, 1.165) is 12.2 Å². The molecule has 0 saturated carbocycles. The molecule has 0 heterocycles. The number of hydrogen-bond donors (Lipinski definition) is 1. The summed E-state index contributed by atoms with van der Waals surface area (Å²) in [5.41, 5.74) is 5.25. The Morgan fingerprint density at radius 2 is 1.44 bits per heavy atom. The Labute approximate surface area is 162 Å². The quantitative estimate of drug-likeness (QED) is 0.671. The predicted octanol–water partition coefficient (Wildman–Crippen LogP) is 5.28. The van der Waals surface area contributed by atoms with Gasteiger partial charge < -0.3 is 10.1 Å². The predicted molar refractivity (Wildman–Crippen MR) is 111 cm³/mol. The van der Waals surface area contributed by atoms with E-state index >= 15 is 0 Å². The zero-order valence-electron chi connectivity index (χ0n) is 16.3. The number of likely N-dealkylation sites (N-methyl/N-ethyl adjacent to an activating group) is 1. The van der Waals surface area contributed by atoms with Gasteiger partial charge in [0.15, 0.2) is 0 Å². The van der Waals surface area contributed by atoms with Crippen LogP contribution in [0.5, 0.6) is 5.75 Å². The van der Waals surface area contributed by atoms with Crippen molar-refractivity contribution in [2.24, 2.45) is 0 Å². The lowest BCUT2D eigenvalue weighted by Gasteiger charge is -2.27. The molecule has 0 aliphatic heterocycles. The SMILES string of the molecule is CN[C@@H]1Cc2ccccc2[C@@H]1Oc1ccc(C(C)(C)c2ccccc2)cc1. The van der Waals surface area contributed by atoms with E-state index in [9.17, 15) is 0 Å². The summed E-state index contributed by atoms with van der Waals surface area (Å²) in [5.74, 6) is 0.921. The Bertz CT molecular complexity index is 899. The Balaban J connectivity index is 1.56. The van der Waals surface area contributed by atoms with Crippen molar-refractivity contribution in [1.82, 2.24) is 5.32 Å². The van der Waals surface area contributed by atoms with Crippen LogP contribution in [0.2, 0.25) is 0 Å². The number of nitrogens with one attached hydrogen (secondary N) is 1. The zero-order chi connectivity index (χ0) is 18.9. The lowest BCUT2D eigenvalue weighted by Crippen LogP contribution is -2.32. The van der Waals surface area contributed by atoms with Crippen molar-refractivity contribution in [3.8, 4) is 5.75 Å². The van der Waals surface area contributed by atoms with Crippen molar-refractivity contribution in [3.63, 3.8) is 0 Å². The summed E-state index contributed by atoms with van der Waals surface area (Å²) in [6.45, 7) is 4.53. The molecule has 27 heavy (non-hydrogen) atoms. The van der Waals surface area contributed by atoms with Gasteiger partial charge in [0.1, 0.15) is 11.9 Å². The van der Waals surface area contributed by atoms with Gasteiger partial charge in [-0.2, -0.15) is 0 Å². The third kappa shape index (κ3) is 3.38. The molecule has 2 heteroatoms. The molecule has 3 aromatic carbocycles. The first-order valence-corrected chi connectivity index (χ1v) is 9.67. The summed E-state index contributed by atoms with van der Waals surface area (Å²) in [6.07, 6.45) is 1.07. The second-order valence-electron chi connectivity index (χ2n) is 7.85. The minimum atomic E-state index is -0.0345. The Morgan fingerprint density at radius 1 is 0.815 bits per heavy atom. The van der Waals surface area contributed by atoms with E-state index in [4.69, 9.17) is 4.74 Å². The number of benzene rings is 3. The minimum absolute atomic E-state index is 0.0345. The lowest BCUT2D eigenvalue weighted by molar-refractivity contribution is 0.172. The first-order valence-electron chi connectivity index (χ1n) is 9.67. The van der Waals surface area contributed by atoms with Crippen LogP contribution in [0.25, 0.3) is 0 Å². The van der Waals surface area contributed by atoms with Crippen LogP contribution in [-0.2, 0) is 11.8 Å². The first-order chi connectivity index (χ1) is 13.1. The molecule has 138 valence electrons. The Hall–Kier alpha value is -2.58. The van der Waals surface area contributed by atoms with Gasteiger partial charge in [0, 0.05) is 5.41 Å². The van der Waals surface area contributed by atoms with Crippen molar-refractivity contribution in [1.29, 1.82) is 0 Å². The molecule has 1 aliphatic rings. The molecule has 3 aromatic rings. The average Bonchev–Trinajstić information content (AvgIpc) is 3.07. The molecule has 0 spiro atoms. The average molecular weight is 357 g/mol. The van der Waals surface area contributed by atoms with Gasteiger partial charge in [-0.05, 0) is 47.9 Å². The van der Waals surface area contributed by atoms with E-state index in [2.05, 4.69) is 98.0 Å². The first kappa shape index (κ1) is 17.8. The van der Waals surface area contributed by atoms with E-state index in [1.807, 2.05) is 7.05 Å². The zero-order valence-corrected chi connectivity index (χ0v) is 16.3. The smallest absolute Gasteiger partial charge is 0.140 e. The maximum atomic E-state index is 6.42. The molecule has 2 atom stereocenters. The molecule has 0 saturated heterocycles. The maximum Gasteiger partial charge on any atom is 0.140 e.